The van der Waals surface area contributed by atoms with E-state index in [0.717, 1.165) is 25.0 Å². The van der Waals surface area contributed by atoms with E-state index in [9.17, 15) is 0 Å². The van der Waals surface area contributed by atoms with Crippen LogP contribution in [-0.4, -0.2) is 98.1 Å². The van der Waals surface area contributed by atoms with Gasteiger partial charge in [0.05, 0.1) is 0 Å². The molecule has 1 atom stereocenters. The summed E-state index contributed by atoms with van der Waals surface area (Å²) >= 11 is 0. The normalized spacial score (nSPS) is 18.8. The average molecular weight is 369 g/mol. The highest BCUT2D eigenvalue weighted by Gasteiger charge is 2.21. The van der Waals surface area contributed by atoms with E-state index < -0.39 is 0 Å². The van der Waals surface area contributed by atoms with Crippen LogP contribution in [0.4, 0.5) is 0 Å². The first-order chi connectivity index (χ1) is 12.2. The van der Waals surface area contributed by atoms with E-state index in [0.29, 0.717) is 12.1 Å². The third-order valence-electron chi connectivity index (χ3n) is 6.67. The van der Waals surface area contributed by atoms with E-state index in [1.165, 1.54) is 51.9 Å². The lowest BCUT2D eigenvalue weighted by atomic mass is 9.92. The fourth-order valence-electron chi connectivity index (χ4n) is 3.69. The van der Waals surface area contributed by atoms with Gasteiger partial charge in [-0.25, -0.2) is 0 Å². The molecule has 1 aliphatic rings. The first-order valence-corrected chi connectivity index (χ1v) is 11.0. The molecule has 0 radical (unpaired) electrons. The Morgan fingerprint density at radius 1 is 0.808 bits per heavy atom. The summed E-state index contributed by atoms with van der Waals surface area (Å²) in [6.45, 7) is 19.0. The Morgan fingerprint density at radius 3 is 1.92 bits per heavy atom. The first-order valence-electron chi connectivity index (χ1n) is 11.0. The maximum atomic E-state index is 2.63. The zero-order valence-electron chi connectivity index (χ0n) is 19.2. The SMILES string of the molecule is CC(C)N(C)CCN(C)C(C)CCN(C)CCC1CCN(C(C)C)CC1. The molecule has 1 fully saturated rings. The molecule has 1 saturated heterocycles. The van der Waals surface area contributed by atoms with Crippen molar-refractivity contribution in [1.29, 1.82) is 0 Å². The zero-order valence-corrected chi connectivity index (χ0v) is 19.2. The van der Waals surface area contributed by atoms with Gasteiger partial charge in [0, 0.05) is 31.2 Å². The van der Waals surface area contributed by atoms with Crippen molar-refractivity contribution in [3.8, 4) is 0 Å². The van der Waals surface area contributed by atoms with Crippen LogP contribution in [0.3, 0.4) is 0 Å². The second-order valence-electron chi connectivity index (χ2n) is 9.36. The molecule has 0 aliphatic carbocycles. The molecule has 1 rings (SSSR count). The number of piperidine rings is 1. The van der Waals surface area contributed by atoms with Crippen molar-refractivity contribution >= 4 is 0 Å². The van der Waals surface area contributed by atoms with Crippen molar-refractivity contribution in [2.45, 2.75) is 78.4 Å². The lowest BCUT2D eigenvalue weighted by molar-refractivity contribution is 0.137. The Hall–Kier alpha value is -0.160. The number of hydrogen-bond donors (Lipinski definition) is 0. The zero-order chi connectivity index (χ0) is 19.7. The minimum atomic E-state index is 0.636. The maximum Gasteiger partial charge on any atom is 0.0109 e. The number of hydrogen-bond acceptors (Lipinski definition) is 4. The van der Waals surface area contributed by atoms with Gasteiger partial charge in [-0.1, -0.05) is 0 Å². The topological polar surface area (TPSA) is 13.0 Å². The molecule has 1 aliphatic heterocycles. The number of likely N-dealkylation sites (N-methyl/N-ethyl adjacent to an activating group) is 2. The largest absolute Gasteiger partial charge is 0.306 e. The Labute approximate surface area is 164 Å². The highest BCUT2D eigenvalue weighted by molar-refractivity contribution is 4.75. The summed E-state index contributed by atoms with van der Waals surface area (Å²) in [6.07, 6.45) is 5.44. The third-order valence-corrected chi connectivity index (χ3v) is 6.67. The monoisotopic (exact) mass is 368 g/mol. The van der Waals surface area contributed by atoms with E-state index in [1.54, 1.807) is 0 Å². The van der Waals surface area contributed by atoms with Crippen molar-refractivity contribution in [2.75, 3.05) is 60.4 Å². The number of rotatable bonds is 12. The summed E-state index contributed by atoms with van der Waals surface area (Å²) in [7, 11) is 6.81. The van der Waals surface area contributed by atoms with Crippen molar-refractivity contribution in [3.63, 3.8) is 0 Å². The van der Waals surface area contributed by atoms with Crippen molar-refractivity contribution < 1.29 is 0 Å². The Balaban J connectivity index is 2.14. The fourth-order valence-corrected chi connectivity index (χ4v) is 3.69. The summed E-state index contributed by atoms with van der Waals surface area (Å²) in [5, 5.41) is 0. The fraction of sp³-hybridized carbons (Fsp3) is 1.00. The maximum absolute atomic E-state index is 2.63. The average Bonchev–Trinajstić information content (AvgIpc) is 2.62. The van der Waals surface area contributed by atoms with Gasteiger partial charge in [-0.3, -0.25) is 0 Å². The van der Waals surface area contributed by atoms with Crippen LogP contribution in [-0.2, 0) is 0 Å². The Morgan fingerprint density at radius 2 is 1.38 bits per heavy atom. The van der Waals surface area contributed by atoms with Gasteiger partial charge in [-0.2, -0.15) is 0 Å². The van der Waals surface area contributed by atoms with E-state index in [4.69, 9.17) is 0 Å². The molecule has 0 saturated carbocycles. The van der Waals surface area contributed by atoms with Crippen LogP contribution in [0.15, 0.2) is 0 Å². The molecule has 0 N–H and O–H groups in total. The molecule has 0 bridgehead atoms. The van der Waals surface area contributed by atoms with E-state index in [2.05, 4.69) is 75.4 Å². The van der Waals surface area contributed by atoms with E-state index >= 15 is 0 Å². The molecule has 156 valence electrons. The van der Waals surface area contributed by atoms with Gasteiger partial charge in [0.25, 0.3) is 0 Å². The number of likely N-dealkylation sites (tertiary alicyclic amines) is 1. The molecule has 0 aromatic heterocycles. The molecule has 0 aromatic carbocycles. The smallest absolute Gasteiger partial charge is 0.0109 e. The summed E-state index contributed by atoms with van der Waals surface area (Å²) in [6, 6.07) is 2.02. The van der Waals surface area contributed by atoms with Crippen molar-refractivity contribution in [2.24, 2.45) is 5.92 Å². The minimum Gasteiger partial charge on any atom is -0.306 e. The van der Waals surface area contributed by atoms with Gasteiger partial charge >= 0.3 is 0 Å². The second-order valence-corrected chi connectivity index (χ2v) is 9.36. The predicted molar refractivity (Wildman–Crippen MR) is 116 cm³/mol. The van der Waals surface area contributed by atoms with Crippen LogP contribution in [0.25, 0.3) is 0 Å². The predicted octanol–water partition coefficient (Wildman–Crippen LogP) is 3.48. The van der Waals surface area contributed by atoms with Gasteiger partial charge in [0.2, 0.25) is 0 Å². The third kappa shape index (κ3) is 9.16. The standard InChI is InChI=1S/C22H48N4/c1-19(2)24(7)17-18-25(8)21(5)9-13-23(6)14-10-22-11-15-26(16-12-22)20(3)4/h19-22H,9-18H2,1-8H3. The molecule has 4 heteroatoms. The van der Waals surface area contributed by atoms with Gasteiger partial charge in [-0.15, -0.1) is 0 Å². The quantitative estimate of drug-likeness (QED) is 0.523. The molecular formula is C22H48N4. The Kier molecular flexibility index (Phi) is 11.3. The van der Waals surface area contributed by atoms with Crippen LogP contribution in [0.1, 0.15) is 60.3 Å². The van der Waals surface area contributed by atoms with E-state index in [-0.39, 0.29) is 0 Å². The molecule has 1 heterocycles. The van der Waals surface area contributed by atoms with Gasteiger partial charge < -0.3 is 19.6 Å². The molecule has 4 nitrogen and oxygen atoms in total. The molecule has 1 unspecified atom stereocenters. The molecule has 0 spiro atoms. The lowest BCUT2D eigenvalue weighted by Gasteiger charge is -2.35. The summed E-state index contributed by atoms with van der Waals surface area (Å²) in [5.41, 5.74) is 0. The van der Waals surface area contributed by atoms with E-state index in [1.807, 2.05) is 0 Å². The van der Waals surface area contributed by atoms with Crippen LogP contribution in [0, 0.1) is 5.92 Å². The highest BCUT2D eigenvalue weighted by Crippen LogP contribution is 2.22. The summed E-state index contributed by atoms with van der Waals surface area (Å²) in [4.78, 5) is 10.1. The molecule has 26 heavy (non-hydrogen) atoms. The minimum absolute atomic E-state index is 0.636. The first kappa shape index (κ1) is 23.9. The summed E-state index contributed by atoms with van der Waals surface area (Å²) < 4.78 is 0. The van der Waals surface area contributed by atoms with Crippen LogP contribution >= 0.6 is 0 Å². The van der Waals surface area contributed by atoms with Crippen LogP contribution in [0.5, 0.6) is 0 Å². The van der Waals surface area contributed by atoms with Crippen molar-refractivity contribution in [3.05, 3.63) is 0 Å². The summed E-state index contributed by atoms with van der Waals surface area (Å²) in [5.74, 6) is 0.944. The molecular weight excluding hydrogens is 320 g/mol. The molecule has 0 aromatic rings. The second kappa shape index (κ2) is 12.3. The number of nitrogens with zero attached hydrogens (tertiary/aromatic N) is 4. The highest BCUT2D eigenvalue weighted by atomic mass is 15.2. The van der Waals surface area contributed by atoms with Crippen LogP contribution < -0.4 is 0 Å². The lowest BCUT2D eigenvalue weighted by Crippen LogP contribution is -2.40. The van der Waals surface area contributed by atoms with Gasteiger partial charge in [0.1, 0.15) is 0 Å². The van der Waals surface area contributed by atoms with Crippen LogP contribution in [0.2, 0.25) is 0 Å². The Bertz CT molecular complexity index is 350. The van der Waals surface area contributed by atoms with Gasteiger partial charge in [-0.05, 0) is 114 Å². The van der Waals surface area contributed by atoms with Gasteiger partial charge in [0.15, 0.2) is 0 Å². The van der Waals surface area contributed by atoms with Crippen molar-refractivity contribution in [1.82, 2.24) is 19.6 Å². The molecule has 0 amide bonds.